The summed E-state index contributed by atoms with van der Waals surface area (Å²) in [7, 11) is 1.71. The van der Waals surface area contributed by atoms with Crippen LogP contribution in [0, 0.1) is 18.3 Å². The van der Waals surface area contributed by atoms with Gasteiger partial charge in [0.2, 0.25) is 0 Å². The topological polar surface area (TPSA) is 78.6 Å². The number of nitriles is 1. The maximum Gasteiger partial charge on any atom is 0.270 e. The van der Waals surface area contributed by atoms with E-state index in [9.17, 15) is 14.9 Å². The minimum atomic E-state index is -0.301. The number of thioether (sulfide) groups is 1. The molecule has 7 nitrogen and oxygen atoms in total. The molecule has 9 heteroatoms. The van der Waals surface area contributed by atoms with E-state index in [-0.39, 0.29) is 17.0 Å². The van der Waals surface area contributed by atoms with Crippen LogP contribution in [0.5, 0.6) is 0 Å². The number of thiocarbonyl (C=S) groups is 1. The van der Waals surface area contributed by atoms with E-state index in [0.29, 0.717) is 41.0 Å². The van der Waals surface area contributed by atoms with E-state index in [1.807, 2.05) is 13.0 Å². The minimum Gasteiger partial charge on any atom is -0.382 e. The molecular weight excluding hydrogens is 444 g/mol. The maximum atomic E-state index is 13.1. The van der Waals surface area contributed by atoms with Crippen molar-refractivity contribution in [2.75, 3.05) is 37.7 Å². The molecule has 0 radical (unpaired) electrons. The van der Waals surface area contributed by atoms with Gasteiger partial charge in [-0.25, -0.2) is 0 Å². The van der Waals surface area contributed by atoms with Crippen LogP contribution in [0.15, 0.2) is 9.70 Å². The van der Waals surface area contributed by atoms with Crippen LogP contribution in [0.4, 0.5) is 5.82 Å². The zero-order chi connectivity index (χ0) is 23.3. The van der Waals surface area contributed by atoms with Gasteiger partial charge in [-0.3, -0.25) is 19.1 Å². The van der Waals surface area contributed by atoms with Gasteiger partial charge in [0, 0.05) is 45.5 Å². The molecule has 0 bridgehead atoms. The molecule has 0 atom stereocenters. The normalized spacial score (nSPS) is 18.4. The number of hydrogen-bond donors (Lipinski definition) is 0. The summed E-state index contributed by atoms with van der Waals surface area (Å²) in [5, 5.41) is 9.62. The van der Waals surface area contributed by atoms with Crippen molar-refractivity contribution in [3.8, 4) is 6.07 Å². The fraction of sp³-hybridized carbons (Fsp3) is 0.565. The van der Waals surface area contributed by atoms with E-state index in [4.69, 9.17) is 17.0 Å². The molecule has 3 heterocycles. The van der Waals surface area contributed by atoms with Gasteiger partial charge in [0.05, 0.1) is 4.91 Å². The molecule has 2 saturated heterocycles. The summed E-state index contributed by atoms with van der Waals surface area (Å²) in [6, 6.07) is 2.06. The first-order valence-electron chi connectivity index (χ1n) is 11.1. The number of carbonyl (C=O) groups excluding carboxylic acids is 1. The monoisotopic (exact) mass is 474 g/mol. The Morgan fingerprint density at radius 2 is 1.91 bits per heavy atom. The standard InChI is InChI=1S/C23H30N4O3S2/c1-4-30-13-9-12-27-22(29)19(32-23(27)31)14-17-16(2)18(15-24)21(28)25(3)20(17)26-10-7-5-6-8-11-26/h14H,4-13H2,1-3H3. The van der Waals surface area contributed by atoms with Gasteiger partial charge >= 0.3 is 0 Å². The first-order valence-corrected chi connectivity index (χ1v) is 12.3. The molecular formula is C23H30N4O3S2. The Bertz CT molecular complexity index is 1020. The van der Waals surface area contributed by atoms with Gasteiger partial charge < -0.3 is 9.64 Å². The van der Waals surface area contributed by atoms with Gasteiger partial charge in [-0.2, -0.15) is 5.26 Å². The molecule has 0 spiro atoms. The molecule has 0 aliphatic carbocycles. The molecule has 172 valence electrons. The second kappa shape index (κ2) is 11.1. The highest BCUT2D eigenvalue weighted by Gasteiger charge is 2.32. The van der Waals surface area contributed by atoms with Gasteiger partial charge in [-0.1, -0.05) is 36.8 Å². The lowest BCUT2D eigenvalue weighted by Crippen LogP contribution is -2.34. The Balaban J connectivity index is 2.03. The second-order valence-corrected chi connectivity index (χ2v) is 9.67. The van der Waals surface area contributed by atoms with Crippen molar-refractivity contribution < 1.29 is 9.53 Å². The maximum absolute atomic E-state index is 13.1. The van der Waals surface area contributed by atoms with Crippen LogP contribution in [-0.4, -0.2) is 52.5 Å². The average molecular weight is 475 g/mol. The number of hydrogen-bond acceptors (Lipinski definition) is 7. The van der Waals surface area contributed by atoms with Crippen molar-refractivity contribution in [1.29, 1.82) is 5.26 Å². The third-order valence-corrected chi connectivity index (χ3v) is 7.27. The molecule has 0 aromatic carbocycles. The highest BCUT2D eigenvalue weighted by Crippen LogP contribution is 2.36. The first-order chi connectivity index (χ1) is 15.4. The first kappa shape index (κ1) is 24.5. The van der Waals surface area contributed by atoms with Gasteiger partial charge in [0.15, 0.2) is 0 Å². The molecule has 1 aromatic rings. The lowest BCUT2D eigenvalue weighted by atomic mass is 10.0. The van der Waals surface area contributed by atoms with E-state index < -0.39 is 0 Å². The van der Waals surface area contributed by atoms with E-state index in [1.165, 1.54) is 11.8 Å². The molecule has 1 aromatic heterocycles. The van der Waals surface area contributed by atoms with E-state index >= 15 is 0 Å². The van der Waals surface area contributed by atoms with Crippen LogP contribution in [-0.2, 0) is 16.6 Å². The van der Waals surface area contributed by atoms with Crippen LogP contribution in [0.25, 0.3) is 6.08 Å². The zero-order valence-electron chi connectivity index (χ0n) is 19.0. The van der Waals surface area contributed by atoms with Crippen LogP contribution in [0.1, 0.15) is 55.7 Å². The lowest BCUT2D eigenvalue weighted by molar-refractivity contribution is -0.122. The molecule has 2 aliphatic heterocycles. The van der Waals surface area contributed by atoms with Crippen molar-refractivity contribution in [2.45, 2.75) is 46.0 Å². The summed E-state index contributed by atoms with van der Waals surface area (Å²) in [6.07, 6.45) is 6.95. The van der Waals surface area contributed by atoms with E-state index in [2.05, 4.69) is 11.0 Å². The van der Waals surface area contributed by atoms with Crippen molar-refractivity contribution in [3.05, 3.63) is 31.9 Å². The Morgan fingerprint density at radius 3 is 2.53 bits per heavy atom. The fourth-order valence-electron chi connectivity index (χ4n) is 4.17. The summed E-state index contributed by atoms with van der Waals surface area (Å²) < 4.78 is 7.46. The number of pyridine rings is 1. The van der Waals surface area contributed by atoms with Gasteiger partial charge in [0.25, 0.3) is 11.5 Å². The third kappa shape index (κ3) is 5.08. The average Bonchev–Trinajstić information content (AvgIpc) is 2.95. The van der Waals surface area contributed by atoms with Crippen LogP contribution < -0.4 is 10.5 Å². The number of aromatic nitrogens is 1. The molecule has 2 aliphatic rings. The largest absolute Gasteiger partial charge is 0.382 e. The number of nitrogens with zero attached hydrogens (tertiary/aromatic N) is 4. The third-order valence-electron chi connectivity index (χ3n) is 5.90. The van der Waals surface area contributed by atoms with Gasteiger partial charge in [0.1, 0.15) is 21.8 Å². The molecule has 32 heavy (non-hydrogen) atoms. The van der Waals surface area contributed by atoms with Crippen LogP contribution >= 0.6 is 24.0 Å². The van der Waals surface area contributed by atoms with E-state index in [0.717, 1.165) is 50.2 Å². The Kier molecular flexibility index (Phi) is 8.51. The zero-order valence-corrected chi connectivity index (χ0v) is 20.6. The second-order valence-electron chi connectivity index (χ2n) is 8.00. The summed E-state index contributed by atoms with van der Waals surface area (Å²) in [5.41, 5.74) is 1.17. The van der Waals surface area contributed by atoms with Crippen LogP contribution in [0.2, 0.25) is 0 Å². The van der Waals surface area contributed by atoms with Crippen LogP contribution in [0.3, 0.4) is 0 Å². The Labute approximate surface area is 199 Å². The Morgan fingerprint density at radius 1 is 1.22 bits per heavy atom. The molecule has 0 saturated carbocycles. The van der Waals surface area contributed by atoms with Crippen molar-refractivity contribution in [3.63, 3.8) is 0 Å². The molecule has 0 N–H and O–H groups in total. The van der Waals surface area contributed by atoms with Crippen molar-refractivity contribution in [1.82, 2.24) is 9.47 Å². The minimum absolute atomic E-state index is 0.115. The summed E-state index contributed by atoms with van der Waals surface area (Å²) in [5.74, 6) is 0.639. The number of carbonyl (C=O) groups is 1. The number of anilines is 1. The highest BCUT2D eigenvalue weighted by molar-refractivity contribution is 8.26. The summed E-state index contributed by atoms with van der Waals surface area (Å²) >= 11 is 6.73. The fourth-order valence-corrected chi connectivity index (χ4v) is 5.46. The number of rotatable bonds is 7. The molecule has 3 rings (SSSR count). The molecule has 2 fully saturated rings. The quantitative estimate of drug-likeness (QED) is 0.340. The lowest BCUT2D eigenvalue weighted by Gasteiger charge is -2.28. The Hall–Kier alpha value is -2.15. The van der Waals surface area contributed by atoms with E-state index in [1.54, 1.807) is 23.4 Å². The molecule has 0 unspecified atom stereocenters. The number of amides is 1. The summed E-state index contributed by atoms with van der Waals surface area (Å²) in [6.45, 7) is 7.15. The predicted octanol–water partition coefficient (Wildman–Crippen LogP) is 3.57. The van der Waals surface area contributed by atoms with Gasteiger partial charge in [-0.05, 0) is 44.7 Å². The van der Waals surface area contributed by atoms with Gasteiger partial charge in [-0.15, -0.1) is 0 Å². The SMILES string of the molecule is CCOCCCN1C(=O)C(=Cc2c(C)c(C#N)c(=O)n(C)c2N2CCCCCC2)SC1=S. The van der Waals surface area contributed by atoms with Crippen molar-refractivity contribution in [2.24, 2.45) is 7.05 Å². The smallest absolute Gasteiger partial charge is 0.270 e. The summed E-state index contributed by atoms with van der Waals surface area (Å²) in [4.78, 5) is 30.3. The highest BCUT2D eigenvalue weighted by atomic mass is 32.2. The van der Waals surface area contributed by atoms with Crippen molar-refractivity contribution >= 4 is 46.1 Å². The number of ether oxygens (including phenoxy) is 1. The molecule has 1 amide bonds. The predicted molar refractivity (Wildman–Crippen MR) is 133 cm³/mol.